The highest BCUT2D eigenvalue weighted by Crippen LogP contribution is 2.22. The number of thiocarbonyl (C=S) groups is 1. The lowest BCUT2D eigenvalue weighted by Crippen LogP contribution is -2.35. The summed E-state index contributed by atoms with van der Waals surface area (Å²) >= 11 is 5.27. The van der Waals surface area contributed by atoms with Crippen LogP contribution in [0.25, 0.3) is 0 Å². The first-order valence-corrected chi connectivity index (χ1v) is 9.72. The fourth-order valence-electron chi connectivity index (χ4n) is 2.99. The van der Waals surface area contributed by atoms with Crippen molar-refractivity contribution in [2.24, 2.45) is 0 Å². The molecule has 1 amide bonds. The normalized spacial score (nSPS) is 14.1. The van der Waals surface area contributed by atoms with E-state index in [1.54, 1.807) is 18.2 Å². The fraction of sp³-hybridized carbons (Fsp3) is 0.333. The Morgan fingerprint density at radius 3 is 2.28 bits per heavy atom. The third-order valence-corrected chi connectivity index (χ3v) is 4.77. The molecule has 29 heavy (non-hydrogen) atoms. The van der Waals surface area contributed by atoms with Crippen LogP contribution in [0, 0.1) is 0 Å². The molecule has 0 spiro atoms. The number of nitrogens with zero attached hydrogens (tertiary/aromatic N) is 1. The van der Waals surface area contributed by atoms with Gasteiger partial charge in [0, 0.05) is 37.0 Å². The molecule has 1 aliphatic heterocycles. The van der Waals surface area contributed by atoms with Crippen LogP contribution in [0.5, 0.6) is 11.5 Å². The van der Waals surface area contributed by atoms with Gasteiger partial charge in [-0.3, -0.25) is 15.0 Å². The Bertz CT molecular complexity index is 829. The summed E-state index contributed by atoms with van der Waals surface area (Å²) in [5, 5.41) is 5.93. The second-order valence-corrected chi connectivity index (χ2v) is 7.00. The van der Waals surface area contributed by atoms with E-state index < -0.39 is 0 Å². The molecule has 0 bridgehead atoms. The molecule has 1 saturated heterocycles. The number of carbonyl (C=O) groups excluding carboxylic acids is 1. The zero-order valence-corrected chi connectivity index (χ0v) is 17.4. The number of carbonyl (C=O) groups is 1. The van der Waals surface area contributed by atoms with Gasteiger partial charge in [0.05, 0.1) is 27.4 Å². The maximum atomic E-state index is 12.5. The van der Waals surface area contributed by atoms with Crippen molar-refractivity contribution < 1.29 is 19.0 Å². The van der Waals surface area contributed by atoms with Crippen molar-refractivity contribution in [2.45, 2.75) is 6.54 Å². The number of hydrogen-bond acceptors (Lipinski definition) is 6. The Morgan fingerprint density at radius 1 is 1.07 bits per heavy atom. The van der Waals surface area contributed by atoms with E-state index in [4.69, 9.17) is 26.4 Å². The molecule has 0 atom stereocenters. The molecule has 1 aliphatic rings. The van der Waals surface area contributed by atoms with Gasteiger partial charge in [0.2, 0.25) is 0 Å². The monoisotopic (exact) mass is 415 g/mol. The minimum absolute atomic E-state index is 0.220. The molecule has 2 aromatic carbocycles. The molecular weight excluding hydrogens is 390 g/mol. The molecule has 1 heterocycles. The van der Waals surface area contributed by atoms with Crippen molar-refractivity contribution in [2.75, 3.05) is 45.8 Å². The number of amides is 1. The Balaban J connectivity index is 1.55. The molecule has 0 unspecified atom stereocenters. The SMILES string of the molecule is COc1cc(OC)cc(C(=O)NC(=S)Nc2ccc(CN3CCOCC3)cc2)c1. The number of rotatable bonds is 6. The molecule has 3 rings (SSSR count). The molecule has 2 aromatic rings. The summed E-state index contributed by atoms with van der Waals surface area (Å²) < 4.78 is 15.8. The van der Waals surface area contributed by atoms with Crippen molar-refractivity contribution in [1.82, 2.24) is 10.2 Å². The average molecular weight is 416 g/mol. The highest BCUT2D eigenvalue weighted by molar-refractivity contribution is 7.80. The third-order valence-electron chi connectivity index (χ3n) is 4.56. The van der Waals surface area contributed by atoms with E-state index in [9.17, 15) is 4.79 Å². The van der Waals surface area contributed by atoms with E-state index in [1.165, 1.54) is 19.8 Å². The first-order chi connectivity index (χ1) is 14.1. The lowest BCUT2D eigenvalue weighted by molar-refractivity contribution is 0.0342. The fourth-order valence-corrected chi connectivity index (χ4v) is 3.20. The molecule has 2 N–H and O–H groups in total. The van der Waals surface area contributed by atoms with Gasteiger partial charge in [0.1, 0.15) is 11.5 Å². The Labute approximate surface area is 175 Å². The van der Waals surface area contributed by atoms with Crippen LogP contribution in [0.2, 0.25) is 0 Å². The highest BCUT2D eigenvalue weighted by atomic mass is 32.1. The van der Waals surface area contributed by atoms with Gasteiger partial charge in [-0.05, 0) is 42.0 Å². The van der Waals surface area contributed by atoms with Gasteiger partial charge in [0.25, 0.3) is 5.91 Å². The molecule has 0 radical (unpaired) electrons. The van der Waals surface area contributed by atoms with Gasteiger partial charge in [-0.2, -0.15) is 0 Å². The van der Waals surface area contributed by atoms with Gasteiger partial charge in [0.15, 0.2) is 5.11 Å². The summed E-state index contributed by atoms with van der Waals surface area (Å²) in [4.78, 5) is 14.9. The number of nitrogens with one attached hydrogen (secondary N) is 2. The highest BCUT2D eigenvalue weighted by Gasteiger charge is 2.13. The molecule has 8 heteroatoms. The zero-order valence-electron chi connectivity index (χ0n) is 16.6. The molecule has 7 nitrogen and oxygen atoms in total. The van der Waals surface area contributed by atoms with E-state index in [1.807, 2.05) is 12.1 Å². The number of ether oxygens (including phenoxy) is 3. The predicted molar refractivity (Wildman–Crippen MR) is 116 cm³/mol. The first-order valence-electron chi connectivity index (χ1n) is 9.32. The van der Waals surface area contributed by atoms with Crippen LogP contribution >= 0.6 is 12.2 Å². The third kappa shape index (κ3) is 6.15. The van der Waals surface area contributed by atoms with E-state index >= 15 is 0 Å². The smallest absolute Gasteiger partial charge is 0.257 e. The minimum Gasteiger partial charge on any atom is -0.497 e. The lowest BCUT2D eigenvalue weighted by atomic mass is 10.2. The Morgan fingerprint density at radius 2 is 1.69 bits per heavy atom. The predicted octanol–water partition coefficient (Wildman–Crippen LogP) is 2.66. The topological polar surface area (TPSA) is 72.1 Å². The number of benzene rings is 2. The summed E-state index contributed by atoms with van der Waals surface area (Å²) in [7, 11) is 3.07. The number of methoxy groups -OCH3 is 2. The van der Waals surface area contributed by atoms with E-state index in [0.29, 0.717) is 17.1 Å². The van der Waals surface area contributed by atoms with Crippen LogP contribution in [-0.4, -0.2) is 56.4 Å². The van der Waals surface area contributed by atoms with Gasteiger partial charge in [-0.15, -0.1) is 0 Å². The van der Waals surface area contributed by atoms with Gasteiger partial charge in [-0.25, -0.2) is 0 Å². The van der Waals surface area contributed by atoms with E-state index in [2.05, 4.69) is 27.7 Å². The van der Waals surface area contributed by atoms with Crippen LogP contribution in [0.15, 0.2) is 42.5 Å². The van der Waals surface area contributed by atoms with Gasteiger partial charge < -0.3 is 19.5 Å². The van der Waals surface area contributed by atoms with Crippen LogP contribution in [0.3, 0.4) is 0 Å². The first kappa shape index (κ1) is 21.0. The zero-order chi connectivity index (χ0) is 20.6. The van der Waals surface area contributed by atoms with Crippen molar-refractivity contribution in [3.05, 3.63) is 53.6 Å². The van der Waals surface area contributed by atoms with Gasteiger partial charge in [-0.1, -0.05) is 12.1 Å². The summed E-state index contributed by atoms with van der Waals surface area (Å²) in [5.41, 5.74) is 2.42. The van der Waals surface area contributed by atoms with Crippen LogP contribution in [0.4, 0.5) is 5.69 Å². The largest absolute Gasteiger partial charge is 0.497 e. The van der Waals surface area contributed by atoms with E-state index in [0.717, 1.165) is 38.5 Å². The van der Waals surface area contributed by atoms with Crippen LogP contribution < -0.4 is 20.1 Å². The van der Waals surface area contributed by atoms with Crippen molar-refractivity contribution in [3.63, 3.8) is 0 Å². The quantitative estimate of drug-likeness (QED) is 0.703. The molecule has 154 valence electrons. The molecular formula is C21H25N3O4S. The van der Waals surface area contributed by atoms with Crippen molar-refractivity contribution in [3.8, 4) is 11.5 Å². The maximum absolute atomic E-state index is 12.5. The molecule has 0 aliphatic carbocycles. The maximum Gasteiger partial charge on any atom is 0.257 e. The minimum atomic E-state index is -0.344. The van der Waals surface area contributed by atoms with Crippen molar-refractivity contribution in [1.29, 1.82) is 0 Å². The number of hydrogen-bond donors (Lipinski definition) is 2. The number of anilines is 1. The molecule has 1 fully saturated rings. The Hall–Kier alpha value is -2.68. The van der Waals surface area contributed by atoms with E-state index in [-0.39, 0.29) is 11.0 Å². The summed E-state index contributed by atoms with van der Waals surface area (Å²) in [6.45, 7) is 4.36. The second-order valence-electron chi connectivity index (χ2n) is 6.60. The lowest BCUT2D eigenvalue weighted by Gasteiger charge is -2.26. The summed E-state index contributed by atoms with van der Waals surface area (Å²) in [6, 6.07) is 12.9. The standard InChI is InChI=1S/C21H25N3O4S/c1-26-18-11-16(12-19(13-18)27-2)20(25)23-21(29)22-17-5-3-15(4-6-17)14-24-7-9-28-10-8-24/h3-6,11-13H,7-10,14H2,1-2H3,(H2,22,23,25,29). The molecule has 0 aromatic heterocycles. The van der Waals surface area contributed by atoms with Crippen LogP contribution in [-0.2, 0) is 11.3 Å². The summed E-state index contributed by atoms with van der Waals surface area (Å²) in [6.07, 6.45) is 0. The van der Waals surface area contributed by atoms with Crippen LogP contribution in [0.1, 0.15) is 15.9 Å². The Kier molecular flexibility index (Phi) is 7.40. The second kappa shape index (κ2) is 10.2. The molecule has 0 saturated carbocycles. The van der Waals surface area contributed by atoms with Crippen molar-refractivity contribution >= 4 is 28.9 Å². The average Bonchev–Trinajstić information content (AvgIpc) is 2.75. The van der Waals surface area contributed by atoms with Gasteiger partial charge >= 0.3 is 0 Å². The number of morpholine rings is 1. The summed E-state index contributed by atoms with van der Waals surface area (Å²) in [5.74, 6) is 0.720.